The number of hydrogen-bond acceptors (Lipinski definition) is 4. The van der Waals surface area contributed by atoms with Crippen LogP contribution in [0.2, 0.25) is 0 Å². The molecule has 34 heavy (non-hydrogen) atoms. The first-order valence-electron chi connectivity index (χ1n) is 11.9. The molecule has 4 rings (SSSR count). The zero-order valence-corrected chi connectivity index (χ0v) is 20.4. The summed E-state index contributed by atoms with van der Waals surface area (Å²) >= 11 is 0. The van der Waals surface area contributed by atoms with E-state index in [-0.39, 0.29) is 18.1 Å². The van der Waals surface area contributed by atoms with E-state index in [0.29, 0.717) is 24.7 Å². The molecule has 0 spiro atoms. The van der Waals surface area contributed by atoms with Crippen molar-refractivity contribution in [1.82, 2.24) is 10.1 Å². The van der Waals surface area contributed by atoms with Crippen LogP contribution in [-0.2, 0) is 6.42 Å². The Hall–Kier alpha value is -3.54. The van der Waals surface area contributed by atoms with Crippen molar-refractivity contribution in [3.05, 3.63) is 82.6 Å². The number of carbonyl (C=O) groups is 1. The maximum atomic E-state index is 12.7. The Balaban J connectivity index is 1.35. The SMILES string of the molecule is Cc1onc(NC(=O)N2CC/C(=C\c3cccc(OC(C)Cc4ccccc4)c3)C(C)C2)c1C. The standard InChI is InChI=1S/C28H33N3O3/c1-19-18-31(28(32)29-27-21(3)22(4)34-30-27)14-13-25(19)16-24-11-8-12-26(17-24)33-20(2)15-23-9-6-5-7-10-23/h5-12,16-17,19-20H,13-15,18H2,1-4H3,(H,29,30,32)/b25-16+. The van der Waals surface area contributed by atoms with Gasteiger partial charge in [0.05, 0.1) is 6.10 Å². The van der Waals surface area contributed by atoms with Crippen molar-refractivity contribution < 1.29 is 14.1 Å². The Morgan fingerprint density at radius 1 is 1.24 bits per heavy atom. The number of aryl methyl sites for hydroxylation is 1. The van der Waals surface area contributed by atoms with Gasteiger partial charge in [0.1, 0.15) is 11.5 Å². The fourth-order valence-corrected chi connectivity index (χ4v) is 4.27. The molecule has 0 aliphatic carbocycles. The lowest BCUT2D eigenvalue weighted by Crippen LogP contribution is -2.42. The van der Waals surface area contributed by atoms with E-state index >= 15 is 0 Å². The van der Waals surface area contributed by atoms with Crippen LogP contribution >= 0.6 is 0 Å². The van der Waals surface area contributed by atoms with E-state index in [4.69, 9.17) is 9.26 Å². The minimum absolute atomic E-state index is 0.0862. The van der Waals surface area contributed by atoms with Crippen LogP contribution in [0.4, 0.5) is 10.6 Å². The lowest BCUT2D eigenvalue weighted by molar-refractivity contribution is 0.197. The summed E-state index contributed by atoms with van der Waals surface area (Å²) in [5.41, 5.74) is 4.59. The van der Waals surface area contributed by atoms with Crippen LogP contribution in [0.3, 0.4) is 0 Å². The van der Waals surface area contributed by atoms with E-state index in [2.05, 4.69) is 66.8 Å². The van der Waals surface area contributed by atoms with E-state index in [1.807, 2.05) is 36.9 Å². The Bertz CT molecular complexity index is 1150. The first-order chi connectivity index (χ1) is 16.4. The summed E-state index contributed by atoms with van der Waals surface area (Å²) in [5.74, 6) is 2.35. The predicted molar refractivity (Wildman–Crippen MR) is 135 cm³/mol. The van der Waals surface area contributed by atoms with Crippen molar-refractivity contribution in [1.29, 1.82) is 0 Å². The Morgan fingerprint density at radius 3 is 2.74 bits per heavy atom. The number of benzene rings is 2. The van der Waals surface area contributed by atoms with Gasteiger partial charge in [-0.2, -0.15) is 0 Å². The molecule has 2 aromatic carbocycles. The number of urea groups is 1. The molecule has 2 amide bonds. The number of carbonyl (C=O) groups excluding carboxylic acids is 1. The summed E-state index contributed by atoms with van der Waals surface area (Å²) in [5, 5.41) is 6.81. The van der Waals surface area contributed by atoms with Crippen LogP contribution < -0.4 is 10.1 Å². The number of aromatic nitrogens is 1. The first kappa shape index (κ1) is 23.6. The highest BCUT2D eigenvalue weighted by molar-refractivity contribution is 5.89. The molecule has 1 aliphatic heterocycles. The number of amides is 2. The van der Waals surface area contributed by atoms with Gasteiger partial charge in [0.25, 0.3) is 0 Å². The van der Waals surface area contributed by atoms with Crippen LogP contribution in [0.15, 0.2) is 64.7 Å². The highest BCUT2D eigenvalue weighted by Crippen LogP contribution is 2.27. The predicted octanol–water partition coefficient (Wildman–Crippen LogP) is 6.26. The van der Waals surface area contributed by atoms with Crippen LogP contribution in [-0.4, -0.2) is 35.3 Å². The number of piperidine rings is 1. The molecular weight excluding hydrogens is 426 g/mol. The smallest absolute Gasteiger partial charge is 0.323 e. The third kappa shape index (κ3) is 5.87. The Morgan fingerprint density at radius 2 is 2.03 bits per heavy atom. The molecule has 2 atom stereocenters. The van der Waals surface area contributed by atoms with Crippen LogP contribution in [0.25, 0.3) is 6.08 Å². The highest BCUT2D eigenvalue weighted by Gasteiger charge is 2.25. The van der Waals surface area contributed by atoms with Crippen molar-refractivity contribution in [2.45, 2.75) is 46.6 Å². The van der Waals surface area contributed by atoms with Crippen molar-refractivity contribution in [2.75, 3.05) is 18.4 Å². The van der Waals surface area contributed by atoms with E-state index in [0.717, 1.165) is 29.7 Å². The number of ether oxygens (including phenoxy) is 1. The molecule has 2 unspecified atom stereocenters. The summed E-state index contributed by atoms with van der Waals surface area (Å²) < 4.78 is 11.3. The lowest BCUT2D eigenvalue weighted by Gasteiger charge is -2.33. The van der Waals surface area contributed by atoms with Gasteiger partial charge in [-0.25, -0.2) is 4.79 Å². The molecule has 1 aromatic heterocycles. The minimum atomic E-state index is -0.134. The number of rotatable bonds is 6. The van der Waals surface area contributed by atoms with Crippen LogP contribution in [0, 0.1) is 19.8 Å². The van der Waals surface area contributed by atoms with Gasteiger partial charge < -0.3 is 14.2 Å². The fraction of sp³-hybridized carbons (Fsp3) is 0.357. The van der Waals surface area contributed by atoms with Gasteiger partial charge in [0, 0.05) is 25.1 Å². The molecule has 0 saturated carbocycles. The minimum Gasteiger partial charge on any atom is -0.490 e. The molecule has 0 bridgehead atoms. The van der Waals surface area contributed by atoms with Crippen molar-refractivity contribution in [3.63, 3.8) is 0 Å². The molecule has 1 N–H and O–H groups in total. The molecule has 1 fully saturated rings. The Kier molecular flexibility index (Phi) is 7.36. The van der Waals surface area contributed by atoms with Crippen molar-refractivity contribution in [2.24, 2.45) is 5.92 Å². The van der Waals surface area contributed by atoms with E-state index < -0.39 is 0 Å². The second-order valence-electron chi connectivity index (χ2n) is 9.15. The third-order valence-corrected chi connectivity index (χ3v) is 6.38. The van der Waals surface area contributed by atoms with E-state index in [1.54, 1.807) is 0 Å². The number of hydrogen-bond donors (Lipinski definition) is 1. The molecule has 6 nitrogen and oxygen atoms in total. The van der Waals surface area contributed by atoms with Gasteiger partial charge >= 0.3 is 6.03 Å². The topological polar surface area (TPSA) is 67.6 Å². The molecule has 2 heterocycles. The van der Waals surface area contributed by atoms with Gasteiger partial charge in [-0.15, -0.1) is 0 Å². The summed E-state index contributed by atoms with van der Waals surface area (Å²) in [6.07, 6.45) is 4.03. The molecule has 0 radical (unpaired) electrons. The monoisotopic (exact) mass is 459 g/mol. The van der Waals surface area contributed by atoms with Gasteiger partial charge in [0.15, 0.2) is 5.82 Å². The quantitative estimate of drug-likeness (QED) is 0.472. The molecular formula is C28H33N3O3. The molecule has 178 valence electrons. The highest BCUT2D eigenvalue weighted by atomic mass is 16.5. The van der Waals surface area contributed by atoms with Crippen LogP contribution in [0.5, 0.6) is 5.75 Å². The van der Waals surface area contributed by atoms with Crippen LogP contribution in [0.1, 0.15) is 42.7 Å². The maximum Gasteiger partial charge on any atom is 0.323 e. The molecule has 6 heteroatoms. The average Bonchev–Trinajstić information content (AvgIpc) is 3.13. The normalized spacial score (nSPS) is 18.1. The van der Waals surface area contributed by atoms with E-state index in [1.165, 1.54) is 11.1 Å². The molecule has 1 aliphatic rings. The lowest BCUT2D eigenvalue weighted by atomic mass is 9.91. The summed E-state index contributed by atoms with van der Waals surface area (Å²) in [6.45, 7) is 9.32. The Labute approximate surface area is 201 Å². The average molecular weight is 460 g/mol. The van der Waals surface area contributed by atoms with Gasteiger partial charge in [0.2, 0.25) is 0 Å². The zero-order chi connectivity index (χ0) is 24.1. The van der Waals surface area contributed by atoms with Crippen molar-refractivity contribution in [3.8, 4) is 5.75 Å². The zero-order valence-electron chi connectivity index (χ0n) is 20.4. The molecule has 3 aromatic rings. The summed E-state index contributed by atoms with van der Waals surface area (Å²) in [6, 6.07) is 18.5. The largest absolute Gasteiger partial charge is 0.490 e. The summed E-state index contributed by atoms with van der Waals surface area (Å²) in [4.78, 5) is 14.6. The summed E-state index contributed by atoms with van der Waals surface area (Å²) in [7, 11) is 0. The number of nitrogens with zero attached hydrogens (tertiary/aromatic N) is 2. The van der Waals surface area contributed by atoms with Gasteiger partial charge in [-0.05, 0) is 56.4 Å². The second-order valence-corrected chi connectivity index (χ2v) is 9.15. The van der Waals surface area contributed by atoms with E-state index in [9.17, 15) is 4.79 Å². The van der Waals surface area contributed by atoms with Crippen molar-refractivity contribution >= 4 is 17.9 Å². The fourth-order valence-electron chi connectivity index (χ4n) is 4.27. The number of anilines is 1. The number of likely N-dealkylation sites (tertiary alicyclic amines) is 1. The number of nitrogens with one attached hydrogen (secondary N) is 1. The maximum absolute atomic E-state index is 12.7. The molecule has 1 saturated heterocycles. The van der Waals surface area contributed by atoms with Gasteiger partial charge in [-0.1, -0.05) is 66.2 Å². The second kappa shape index (κ2) is 10.6. The first-order valence-corrected chi connectivity index (χ1v) is 11.9. The van der Waals surface area contributed by atoms with Gasteiger partial charge in [-0.3, -0.25) is 5.32 Å². The third-order valence-electron chi connectivity index (χ3n) is 6.38.